The molecule has 34 heavy (non-hydrogen) atoms. The maximum Gasteiger partial charge on any atom is 0.321 e. The van der Waals surface area contributed by atoms with Crippen LogP contribution < -0.4 is 10.6 Å². The Bertz CT molecular complexity index is 929. The Morgan fingerprint density at radius 1 is 0.882 bits per heavy atom. The van der Waals surface area contributed by atoms with E-state index in [0.717, 1.165) is 29.6 Å². The van der Waals surface area contributed by atoms with E-state index in [0.29, 0.717) is 32.5 Å². The SMILES string of the molecule is CC1CC(C)CN(Cc2ccc(CNC(=O)C3CCN(C(=O)Nc4ccccc4)CC3)cc2)C1. The van der Waals surface area contributed by atoms with E-state index in [9.17, 15) is 9.59 Å². The number of para-hydroxylation sites is 1. The molecule has 0 radical (unpaired) electrons. The number of hydrogen-bond acceptors (Lipinski definition) is 3. The fourth-order valence-electron chi connectivity index (χ4n) is 5.34. The largest absolute Gasteiger partial charge is 0.352 e. The number of carbonyl (C=O) groups excluding carboxylic acids is 2. The lowest BCUT2D eigenvalue weighted by Gasteiger charge is -2.35. The third-order valence-corrected chi connectivity index (χ3v) is 7.02. The number of rotatable bonds is 6. The van der Waals surface area contributed by atoms with Crippen LogP contribution in [0, 0.1) is 17.8 Å². The van der Waals surface area contributed by atoms with Gasteiger partial charge in [0.25, 0.3) is 0 Å². The third kappa shape index (κ3) is 6.83. The van der Waals surface area contributed by atoms with Crippen LogP contribution in [0.2, 0.25) is 0 Å². The molecule has 0 saturated carbocycles. The summed E-state index contributed by atoms with van der Waals surface area (Å²) in [6.45, 7) is 9.78. The van der Waals surface area contributed by atoms with Crippen molar-refractivity contribution in [3.63, 3.8) is 0 Å². The van der Waals surface area contributed by atoms with Gasteiger partial charge in [0.2, 0.25) is 5.91 Å². The van der Waals surface area contributed by atoms with Gasteiger partial charge in [0, 0.05) is 50.9 Å². The molecule has 2 fully saturated rings. The predicted octanol–water partition coefficient (Wildman–Crippen LogP) is 4.72. The summed E-state index contributed by atoms with van der Waals surface area (Å²) in [5, 5.41) is 6.02. The second-order valence-corrected chi connectivity index (χ2v) is 10.2. The molecule has 2 saturated heterocycles. The summed E-state index contributed by atoms with van der Waals surface area (Å²) in [6.07, 6.45) is 2.72. The highest BCUT2D eigenvalue weighted by Crippen LogP contribution is 2.23. The highest BCUT2D eigenvalue weighted by molar-refractivity contribution is 5.89. The van der Waals surface area contributed by atoms with Gasteiger partial charge in [-0.05, 0) is 54.4 Å². The number of urea groups is 1. The highest BCUT2D eigenvalue weighted by Gasteiger charge is 2.27. The molecule has 0 spiro atoms. The van der Waals surface area contributed by atoms with Gasteiger partial charge in [0.15, 0.2) is 0 Å². The summed E-state index contributed by atoms with van der Waals surface area (Å²) in [7, 11) is 0. The van der Waals surface area contributed by atoms with Crippen LogP contribution in [0.4, 0.5) is 10.5 Å². The first-order valence-electron chi connectivity index (χ1n) is 12.6. The molecular weight excluding hydrogens is 424 g/mol. The van der Waals surface area contributed by atoms with Crippen molar-refractivity contribution >= 4 is 17.6 Å². The van der Waals surface area contributed by atoms with Crippen LogP contribution in [0.3, 0.4) is 0 Å². The average molecular weight is 463 g/mol. The summed E-state index contributed by atoms with van der Waals surface area (Å²) in [5.41, 5.74) is 3.24. The van der Waals surface area contributed by atoms with Gasteiger partial charge in [-0.15, -0.1) is 0 Å². The van der Waals surface area contributed by atoms with E-state index in [1.54, 1.807) is 4.90 Å². The van der Waals surface area contributed by atoms with Gasteiger partial charge < -0.3 is 15.5 Å². The Labute approximate surface area is 203 Å². The minimum absolute atomic E-state index is 0.0388. The fraction of sp³-hybridized carbons (Fsp3) is 0.500. The Kier molecular flexibility index (Phi) is 8.22. The monoisotopic (exact) mass is 462 g/mol. The van der Waals surface area contributed by atoms with Gasteiger partial charge >= 0.3 is 6.03 Å². The second kappa shape index (κ2) is 11.5. The van der Waals surface area contributed by atoms with Crippen LogP contribution in [-0.4, -0.2) is 47.9 Å². The normalized spacial score (nSPS) is 21.8. The first kappa shape index (κ1) is 24.3. The molecule has 182 valence electrons. The quantitative estimate of drug-likeness (QED) is 0.653. The maximum absolute atomic E-state index is 12.7. The number of piperidine rings is 2. The lowest BCUT2D eigenvalue weighted by atomic mass is 9.91. The summed E-state index contributed by atoms with van der Waals surface area (Å²) >= 11 is 0. The molecule has 2 atom stereocenters. The first-order valence-corrected chi connectivity index (χ1v) is 12.6. The molecule has 2 aliphatic rings. The van der Waals surface area contributed by atoms with E-state index < -0.39 is 0 Å². The van der Waals surface area contributed by atoms with E-state index in [1.807, 2.05) is 30.3 Å². The molecule has 2 N–H and O–H groups in total. The molecule has 0 aromatic heterocycles. The average Bonchev–Trinajstić information content (AvgIpc) is 2.83. The summed E-state index contributed by atoms with van der Waals surface area (Å²) in [5.74, 6) is 1.58. The van der Waals surface area contributed by atoms with Gasteiger partial charge in [-0.1, -0.05) is 56.3 Å². The molecule has 2 unspecified atom stereocenters. The molecule has 0 aliphatic carbocycles. The molecule has 0 bridgehead atoms. The van der Waals surface area contributed by atoms with E-state index >= 15 is 0 Å². The van der Waals surface area contributed by atoms with Crippen molar-refractivity contribution < 1.29 is 9.59 Å². The van der Waals surface area contributed by atoms with Crippen molar-refractivity contribution in [3.05, 3.63) is 65.7 Å². The number of amides is 3. The van der Waals surface area contributed by atoms with Gasteiger partial charge in [-0.25, -0.2) is 4.79 Å². The lowest BCUT2D eigenvalue weighted by molar-refractivity contribution is -0.126. The molecule has 6 heteroatoms. The topological polar surface area (TPSA) is 64.7 Å². The van der Waals surface area contributed by atoms with Crippen molar-refractivity contribution in [2.75, 3.05) is 31.5 Å². The molecule has 3 amide bonds. The van der Waals surface area contributed by atoms with Gasteiger partial charge in [0.05, 0.1) is 0 Å². The Morgan fingerprint density at radius 3 is 2.15 bits per heavy atom. The summed E-state index contributed by atoms with van der Waals surface area (Å²) < 4.78 is 0. The molecule has 4 rings (SSSR count). The number of benzene rings is 2. The maximum atomic E-state index is 12.7. The van der Waals surface area contributed by atoms with Crippen molar-refractivity contribution in [1.82, 2.24) is 15.1 Å². The van der Waals surface area contributed by atoms with Crippen molar-refractivity contribution in [2.45, 2.75) is 46.2 Å². The minimum Gasteiger partial charge on any atom is -0.352 e. The molecule has 2 aliphatic heterocycles. The van der Waals surface area contributed by atoms with E-state index in [2.05, 4.69) is 53.6 Å². The van der Waals surface area contributed by atoms with Crippen LogP contribution in [-0.2, 0) is 17.9 Å². The molecule has 6 nitrogen and oxygen atoms in total. The summed E-state index contributed by atoms with van der Waals surface area (Å²) in [4.78, 5) is 29.5. The van der Waals surface area contributed by atoms with Crippen LogP contribution >= 0.6 is 0 Å². The zero-order valence-corrected chi connectivity index (χ0v) is 20.5. The standard InChI is InChI=1S/C28H38N4O2/c1-21-16-22(2)19-31(18-21)20-24-10-8-23(9-11-24)17-29-27(33)25-12-14-32(15-13-25)28(34)30-26-6-4-3-5-7-26/h3-11,21-22,25H,12-20H2,1-2H3,(H,29,33)(H,30,34). The van der Waals surface area contributed by atoms with Gasteiger partial charge in [-0.3, -0.25) is 9.69 Å². The van der Waals surface area contributed by atoms with Crippen LogP contribution in [0.25, 0.3) is 0 Å². The number of hydrogen-bond donors (Lipinski definition) is 2. The van der Waals surface area contributed by atoms with Gasteiger partial charge in [0.1, 0.15) is 0 Å². The number of nitrogens with zero attached hydrogens (tertiary/aromatic N) is 2. The number of nitrogens with one attached hydrogen (secondary N) is 2. The number of carbonyl (C=O) groups is 2. The molecule has 2 aromatic rings. The highest BCUT2D eigenvalue weighted by atomic mass is 16.2. The fourth-order valence-corrected chi connectivity index (χ4v) is 5.34. The number of anilines is 1. The Morgan fingerprint density at radius 2 is 1.50 bits per heavy atom. The lowest BCUT2D eigenvalue weighted by Crippen LogP contribution is -2.44. The zero-order chi connectivity index (χ0) is 23.9. The summed E-state index contributed by atoms with van der Waals surface area (Å²) in [6, 6.07) is 18.0. The first-order chi connectivity index (χ1) is 16.5. The van der Waals surface area contributed by atoms with E-state index in [4.69, 9.17) is 0 Å². The van der Waals surface area contributed by atoms with Crippen LogP contribution in [0.5, 0.6) is 0 Å². The van der Waals surface area contributed by atoms with Crippen LogP contribution in [0.1, 0.15) is 44.2 Å². The third-order valence-electron chi connectivity index (χ3n) is 7.02. The molecule has 2 heterocycles. The molecule has 2 aromatic carbocycles. The van der Waals surface area contributed by atoms with Crippen molar-refractivity contribution in [1.29, 1.82) is 0 Å². The Balaban J connectivity index is 1.18. The van der Waals surface area contributed by atoms with Crippen molar-refractivity contribution in [3.8, 4) is 0 Å². The predicted molar refractivity (Wildman–Crippen MR) is 136 cm³/mol. The van der Waals surface area contributed by atoms with Crippen molar-refractivity contribution in [2.24, 2.45) is 17.8 Å². The van der Waals surface area contributed by atoms with Crippen LogP contribution in [0.15, 0.2) is 54.6 Å². The Hall–Kier alpha value is -2.86. The van der Waals surface area contributed by atoms with Gasteiger partial charge in [-0.2, -0.15) is 0 Å². The second-order valence-electron chi connectivity index (χ2n) is 10.2. The minimum atomic E-state index is -0.0985. The van der Waals surface area contributed by atoms with E-state index in [1.165, 1.54) is 25.1 Å². The smallest absolute Gasteiger partial charge is 0.321 e. The molecular formula is C28H38N4O2. The number of likely N-dealkylation sites (tertiary alicyclic amines) is 2. The zero-order valence-electron chi connectivity index (χ0n) is 20.5. The van der Waals surface area contributed by atoms with E-state index in [-0.39, 0.29) is 17.9 Å².